The number of carbonyl (C=O) groups excluding carboxylic acids is 2. The Morgan fingerprint density at radius 1 is 1.50 bits per heavy atom. The predicted octanol–water partition coefficient (Wildman–Crippen LogP) is 1.22. The Balaban J connectivity index is 2.62. The molecule has 0 aliphatic rings. The lowest BCUT2D eigenvalue weighted by Gasteiger charge is -2.10. The van der Waals surface area contributed by atoms with Crippen LogP contribution in [-0.2, 0) is 4.79 Å². The molecule has 0 bridgehead atoms. The normalized spacial score (nSPS) is 11.6. The molecule has 1 rings (SSSR count). The second-order valence-corrected chi connectivity index (χ2v) is 4.18. The molecule has 20 heavy (non-hydrogen) atoms. The standard InChI is InChI=1S/C13H19N3O4/c1-3-4-8-19-10-6-5-7-15-12(10)20-13(18)16-11(17)9(2)14/h5-7,9H,3-4,8,14H2,1-2H3,(H,16,17,18)/t9-/m1/s1. The zero-order valence-corrected chi connectivity index (χ0v) is 11.6. The maximum absolute atomic E-state index is 11.5. The van der Waals surface area contributed by atoms with E-state index in [9.17, 15) is 9.59 Å². The van der Waals surface area contributed by atoms with Crippen molar-refractivity contribution >= 4 is 12.0 Å². The molecule has 0 aromatic carbocycles. The van der Waals surface area contributed by atoms with Crippen LogP contribution in [0.1, 0.15) is 26.7 Å². The molecule has 1 atom stereocenters. The van der Waals surface area contributed by atoms with Crippen LogP contribution < -0.4 is 20.5 Å². The van der Waals surface area contributed by atoms with E-state index >= 15 is 0 Å². The maximum atomic E-state index is 11.5. The number of hydrogen-bond donors (Lipinski definition) is 2. The molecule has 110 valence electrons. The van der Waals surface area contributed by atoms with Gasteiger partial charge < -0.3 is 15.2 Å². The van der Waals surface area contributed by atoms with Gasteiger partial charge in [-0.2, -0.15) is 0 Å². The number of unbranched alkanes of at least 4 members (excludes halogenated alkanes) is 1. The summed E-state index contributed by atoms with van der Waals surface area (Å²) in [7, 11) is 0. The molecule has 0 aliphatic heterocycles. The smallest absolute Gasteiger partial charge is 0.420 e. The zero-order chi connectivity index (χ0) is 15.0. The molecule has 0 fully saturated rings. The first-order valence-corrected chi connectivity index (χ1v) is 6.40. The van der Waals surface area contributed by atoms with Crippen LogP contribution in [0.2, 0.25) is 0 Å². The van der Waals surface area contributed by atoms with E-state index in [1.54, 1.807) is 12.1 Å². The molecule has 0 aliphatic carbocycles. The molecule has 0 saturated carbocycles. The number of rotatable bonds is 6. The number of carbonyl (C=O) groups is 2. The quantitative estimate of drug-likeness (QED) is 0.760. The molecule has 1 aromatic heterocycles. The van der Waals surface area contributed by atoms with Crippen LogP contribution in [0.25, 0.3) is 0 Å². The van der Waals surface area contributed by atoms with E-state index in [4.69, 9.17) is 15.2 Å². The van der Waals surface area contributed by atoms with Crippen molar-refractivity contribution in [2.75, 3.05) is 6.61 Å². The lowest BCUT2D eigenvalue weighted by molar-refractivity contribution is -0.121. The van der Waals surface area contributed by atoms with E-state index < -0.39 is 18.0 Å². The number of nitrogens with one attached hydrogen (secondary N) is 1. The Hall–Kier alpha value is -2.15. The van der Waals surface area contributed by atoms with Crippen LogP contribution in [-0.4, -0.2) is 29.6 Å². The molecule has 2 amide bonds. The van der Waals surface area contributed by atoms with Crippen LogP contribution in [0.3, 0.4) is 0 Å². The zero-order valence-electron chi connectivity index (χ0n) is 11.6. The summed E-state index contributed by atoms with van der Waals surface area (Å²) in [6, 6.07) is 2.50. The number of hydrogen-bond acceptors (Lipinski definition) is 6. The van der Waals surface area contributed by atoms with Crippen LogP contribution in [0.5, 0.6) is 11.6 Å². The van der Waals surface area contributed by atoms with Crippen molar-refractivity contribution in [2.45, 2.75) is 32.7 Å². The van der Waals surface area contributed by atoms with Crippen molar-refractivity contribution in [1.82, 2.24) is 10.3 Å². The van der Waals surface area contributed by atoms with Crippen molar-refractivity contribution in [2.24, 2.45) is 5.73 Å². The summed E-state index contributed by atoms with van der Waals surface area (Å²) in [6.45, 7) is 4.00. The lowest BCUT2D eigenvalue weighted by Crippen LogP contribution is -2.42. The summed E-state index contributed by atoms with van der Waals surface area (Å²) in [5.41, 5.74) is 5.33. The number of imide groups is 1. The maximum Gasteiger partial charge on any atom is 0.420 e. The molecule has 0 unspecified atom stereocenters. The third-order valence-electron chi connectivity index (χ3n) is 2.32. The number of aromatic nitrogens is 1. The molecule has 7 heteroatoms. The summed E-state index contributed by atoms with van der Waals surface area (Å²) in [6.07, 6.45) is 2.39. The number of nitrogens with zero attached hydrogens (tertiary/aromatic N) is 1. The van der Waals surface area contributed by atoms with Crippen molar-refractivity contribution in [3.63, 3.8) is 0 Å². The molecule has 7 nitrogen and oxygen atoms in total. The summed E-state index contributed by atoms with van der Waals surface area (Å²) >= 11 is 0. The highest BCUT2D eigenvalue weighted by atomic mass is 16.6. The van der Waals surface area contributed by atoms with Gasteiger partial charge in [0.25, 0.3) is 5.88 Å². The van der Waals surface area contributed by atoms with E-state index in [1.807, 2.05) is 12.2 Å². The number of nitrogens with two attached hydrogens (primary N) is 1. The fourth-order valence-corrected chi connectivity index (χ4v) is 1.22. The first-order chi connectivity index (χ1) is 9.54. The highest BCUT2D eigenvalue weighted by molar-refractivity contribution is 5.95. The van der Waals surface area contributed by atoms with Gasteiger partial charge in [-0.25, -0.2) is 9.78 Å². The molecular weight excluding hydrogens is 262 g/mol. The monoisotopic (exact) mass is 281 g/mol. The van der Waals surface area contributed by atoms with Crippen LogP contribution in [0, 0.1) is 0 Å². The van der Waals surface area contributed by atoms with Crippen molar-refractivity contribution in [3.05, 3.63) is 18.3 Å². The largest absolute Gasteiger partial charge is 0.488 e. The topological polar surface area (TPSA) is 104 Å². The first kappa shape index (κ1) is 15.9. The second kappa shape index (κ2) is 8.11. The predicted molar refractivity (Wildman–Crippen MR) is 72.5 cm³/mol. The van der Waals surface area contributed by atoms with E-state index in [0.29, 0.717) is 12.4 Å². The molecule has 0 saturated heterocycles. The van der Waals surface area contributed by atoms with Crippen LogP contribution in [0.15, 0.2) is 18.3 Å². The minimum atomic E-state index is -0.939. The van der Waals surface area contributed by atoms with Gasteiger partial charge in [-0.05, 0) is 25.5 Å². The third-order valence-corrected chi connectivity index (χ3v) is 2.32. The SMILES string of the molecule is CCCCOc1cccnc1OC(=O)NC(=O)[C@@H](C)N. The average Bonchev–Trinajstić information content (AvgIpc) is 2.40. The lowest BCUT2D eigenvalue weighted by atomic mass is 10.3. The van der Waals surface area contributed by atoms with Gasteiger partial charge in [0.15, 0.2) is 5.75 Å². The Kier molecular flexibility index (Phi) is 6.45. The third kappa shape index (κ3) is 5.23. The fourth-order valence-electron chi connectivity index (χ4n) is 1.22. The molecule has 1 heterocycles. The molecular formula is C13H19N3O4. The molecule has 1 aromatic rings. The van der Waals surface area contributed by atoms with E-state index in [1.165, 1.54) is 13.1 Å². The van der Waals surface area contributed by atoms with Gasteiger partial charge >= 0.3 is 6.09 Å². The summed E-state index contributed by atoms with van der Waals surface area (Å²) in [5, 5.41) is 2.00. The summed E-state index contributed by atoms with van der Waals surface area (Å²) < 4.78 is 10.4. The minimum Gasteiger partial charge on any atom is -0.488 e. The van der Waals surface area contributed by atoms with Gasteiger partial charge in [0.05, 0.1) is 12.6 Å². The van der Waals surface area contributed by atoms with Gasteiger partial charge in [-0.1, -0.05) is 13.3 Å². The Bertz CT molecular complexity index is 463. The highest BCUT2D eigenvalue weighted by Crippen LogP contribution is 2.23. The van der Waals surface area contributed by atoms with Crippen LogP contribution >= 0.6 is 0 Å². The first-order valence-electron chi connectivity index (χ1n) is 6.40. The Morgan fingerprint density at radius 2 is 2.25 bits per heavy atom. The van der Waals surface area contributed by atoms with Gasteiger partial charge in [0, 0.05) is 6.20 Å². The number of pyridine rings is 1. The van der Waals surface area contributed by atoms with Crippen LogP contribution in [0.4, 0.5) is 4.79 Å². The van der Waals surface area contributed by atoms with E-state index in [-0.39, 0.29) is 5.88 Å². The molecule has 3 N–H and O–H groups in total. The van der Waals surface area contributed by atoms with Gasteiger partial charge in [-0.3, -0.25) is 10.1 Å². The highest BCUT2D eigenvalue weighted by Gasteiger charge is 2.16. The van der Waals surface area contributed by atoms with Crippen molar-refractivity contribution in [1.29, 1.82) is 0 Å². The van der Waals surface area contributed by atoms with Gasteiger partial charge in [0.1, 0.15) is 0 Å². The summed E-state index contributed by atoms with van der Waals surface area (Å²) in [5.74, 6) is -0.262. The Labute approximate surface area is 117 Å². The van der Waals surface area contributed by atoms with E-state index in [0.717, 1.165) is 12.8 Å². The molecule has 0 spiro atoms. The molecule has 0 radical (unpaired) electrons. The summed E-state index contributed by atoms with van der Waals surface area (Å²) in [4.78, 5) is 26.7. The van der Waals surface area contributed by atoms with Crippen molar-refractivity contribution in [3.8, 4) is 11.6 Å². The second-order valence-electron chi connectivity index (χ2n) is 4.18. The van der Waals surface area contributed by atoms with Gasteiger partial charge in [0.2, 0.25) is 5.91 Å². The van der Waals surface area contributed by atoms with E-state index in [2.05, 4.69) is 4.98 Å². The van der Waals surface area contributed by atoms with Gasteiger partial charge in [-0.15, -0.1) is 0 Å². The minimum absolute atomic E-state index is 0.0126. The Morgan fingerprint density at radius 3 is 2.90 bits per heavy atom. The fraction of sp³-hybridized carbons (Fsp3) is 0.462. The number of amides is 2. The average molecular weight is 281 g/mol. The van der Waals surface area contributed by atoms with Crippen molar-refractivity contribution < 1.29 is 19.1 Å². The number of ether oxygens (including phenoxy) is 2.